The predicted molar refractivity (Wildman–Crippen MR) is 139 cm³/mol. The van der Waals surface area contributed by atoms with E-state index in [0.717, 1.165) is 31.7 Å². The number of fused-ring (bicyclic) bond motifs is 3. The Balaban J connectivity index is 1.59. The quantitative estimate of drug-likeness (QED) is 0.332. The number of nitrogens with two attached hydrogens (primary N) is 1. The number of phenols is 1. The Morgan fingerprint density at radius 1 is 1.15 bits per heavy atom. The average molecular weight is 579 g/mol. The van der Waals surface area contributed by atoms with Gasteiger partial charge in [-0.2, -0.15) is 13.2 Å². The SMILES string of the molecule is CCCC1CCN(Cc2cc(O)c3c(c2C(F)(F)F)CC2C[C@H]4CC(=O)C(C(N)=O)=C(O)[C@@]4(O)C(=O)C2=C3O)CC1. The largest absolute Gasteiger partial charge is 0.508 e. The molecule has 0 bridgehead atoms. The van der Waals surface area contributed by atoms with Crippen molar-refractivity contribution in [2.24, 2.45) is 23.5 Å². The molecule has 0 radical (unpaired) electrons. The number of aliphatic hydroxyl groups excluding tert-OH is 2. The monoisotopic (exact) mass is 578 g/mol. The lowest BCUT2D eigenvalue weighted by Crippen LogP contribution is -2.58. The number of hydrogen-bond acceptors (Lipinski definition) is 8. The third kappa shape index (κ3) is 4.61. The summed E-state index contributed by atoms with van der Waals surface area (Å²) in [5.74, 6) is -8.10. The molecule has 1 saturated heterocycles. The number of nitrogens with zero attached hydrogens (tertiary/aromatic N) is 1. The third-order valence-corrected chi connectivity index (χ3v) is 9.23. The van der Waals surface area contributed by atoms with Crippen LogP contribution in [0.15, 0.2) is 23.0 Å². The number of benzene rings is 1. The van der Waals surface area contributed by atoms with Gasteiger partial charge in [0.15, 0.2) is 11.4 Å². The summed E-state index contributed by atoms with van der Waals surface area (Å²) in [5.41, 5.74) is -1.07. The molecular weight excluding hydrogens is 545 g/mol. The van der Waals surface area contributed by atoms with Gasteiger partial charge in [-0.1, -0.05) is 19.8 Å². The van der Waals surface area contributed by atoms with Crippen molar-refractivity contribution in [3.63, 3.8) is 0 Å². The third-order valence-electron chi connectivity index (χ3n) is 9.23. The molecule has 0 aromatic heterocycles. The summed E-state index contributed by atoms with van der Waals surface area (Å²) >= 11 is 0. The molecule has 1 saturated carbocycles. The predicted octanol–water partition coefficient (Wildman–Crippen LogP) is 3.45. The van der Waals surface area contributed by atoms with Gasteiger partial charge in [-0.25, -0.2) is 0 Å². The van der Waals surface area contributed by atoms with Gasteiger partial charge < -0.3 is 26.2 Å². The van der Waals surface area contributed by atoms with Crippen LogP contribution in [0.1, 0.15) is 67.7 Å². The van der Waals surface area contributed by atoms with Gasteiger partial charge in [0.25, 0.3) is 5.91 Å². The first kappa shape index (κ1) is 29.1. The van der Waals surface area contributed by atoms with Crippen LogP contribution in [0.25, 0.3) is 5.76 Å². The fourth-order valence-electron chi connectivity index (χ4n) is 7.32. The van der Waals surface area contributed by atoms with Crippen molar-refractivity contribution in [2.75, 3.05) is 13.1 Å². The number of likely N-dealkylation sites (tertiary alicyclic amines) is 1. The van der Waals surface area contributed by atoms with Crippen molar-refractivity contribution < 1.29 is 48.0 Å². The number of carbonyl (C=O) groups is 3. The number of Topliss-reactive ketones (excluding diaryl/α,β-unsaturated/α-hetero) is 2. The van der Waals surface area contributed by atoms with Crippen LogP contribution in [0.3, 0.4) is 0 Å². The molecule has 0 spiro atoms. The fraction of sp³-hybridized carbons (Fsp3) is 0.552. The number of aliphatic hydroxyl groups is 3. The summed E-state index contributed by atoms with van der Waals surface area (Å²) in [4.78, 5) is 39.8. The van der Waals surface area contributed by atoms with Crippen LogP contribution in [0.2, 0.25) is 0 Å². The molecule has 1 aromatic carbocycles. The molecule has 5 rings (SSSR count). The van der Waals surface area contributed by atoms with Crippen LogP contribution >= 0.6 is 0 Å². The first-order valence-corrected chi connectivity index (χ1v) is 13.8. The van der Waals surface area contributed by atoms with Gasteiger partial charge in [0.2, 0.25) is 5.78 Å². The molecule has 3 aliphatic carbocycles. The number of phenolic OH excluding ortho intramolecular Hbond substituents is 1. The van der Waals surface area contributed by atoms with Crippen LogP contribution in [-0.2, 0) is 33.5 Å². The fourth-order valence-corrected chi connectivity index (χ4v) is 7.32. The zero-order valence-electron chi connectivity index (χ0n) is 22.6. The summed E-state index contributed by atoms with van der Waals surface area (Å²) in [7, 11) is 0. The zero-order chi connectivity index (χ0) is 30.0. The molecule has 1 unspecified atom stereocenters. The van der Waals surface area contributed by atoms with Gasteiger partial charge in [-0.3, -0.25) is 19.3 Å². The number of alkyl halides is 3. The highest BCUT2D eigenvalue weighted by atomic mass is 19.4. The Bertz CT molecular complexity index is 1390. The molecule has 1 amide bonds. The maximum Gasteiger partial charge on any atom is 0.417 e. The van der Waals surface area contributed by atoms with Crippen LogP contribution in [-0.4, -0.2) is 61.5 Å². The molecular formula is C29H33F3N2O7. The van der Waals surface area contributed by atoms with Gasteiger partial charge >= 0.3 is 6.18 Å². The van der Waals surface area contributed by atoms with Crippen molar-refractivity contribution >= 4 is 23.2 Å². The van der Waals surface area contributed by atoms with Crippen molar-refractivity contribution in [3.8, 4) is 5.75 Å². The van der Waals surface area contributed by atoms with E-state index in [4.69, 9.17) is 5.73 Å². The number of rotatable bonds is 5. The van der Waals surface area contributed by atoms with Crippen molar-refractivity contribution in [3.05, 3.63) is 45.2 Å². The van der Waals surface area contributed by atoms with Gasteiger partial charge in [-0.05, 0) is 67.8 Å². The van der Waals surface area contributed by atoms with E-state index >= 15 is 0 Å². The van der Waals surface area contributed by atoms with E-state index in [0.29, 0.717) is 19.0 Å². The van der Waals surface area contributed by atoms with Crippen LogP contribution in [0, 0.1) is 17.8 Å². The van der Waals surface area contributed by atoms with Crippen molar-refractivity contribution in [1.29, 1.82) is 0 Å². The van der Waals surface area contributed by atoms with E-state index in [1.165, 1.54) is 0 Å². The lowest BCUT2D eigenvalue weighted by Gasteiger charge is -2.46. The zero-order valence-corrected chi connectivity index (χ0v) is 22.6. The van der Waals surface area contributed by atoms with E-state index in [-0.39, 0.29) is 24.1 Å². The average Bonchev–Trinajstić information content (AvgIpc) is 2.86. The molecule has 222 valence electrons. The second-order valence-corrected chi connectivity index (χ2v) is 11.7. The topological polar surface area (TPSA) is 161 Å². The minimum Gasteiger partial charge on any atom is -0.508 e. The van der Waals surface area contributed by atoms with Crippen molar-refractivity contribution in [1.82, 2.24) is 4.90 Å². The minimum atomic E-state index is -4.84. The molecule has 2 fully saturated rings. The lowest BCUT2D eigenvalue weighted by atomic mass is 9.59. The highest BCUT2D eigenvalue weighted by molar-refractivity contribution is 6.22. The van der Waals surface area contributed by atoms with Crippen molar-refractivity contribution in [2.45, 2.75) is 70.2 Å². The molecule has 1 aliphatic heterocycles. The number of ketones is 2. The summed E-state index contributed by atoms with van der Waals surface area (Å²) in [5, 5.41) is 44.0. The molecule has 1 aromatic rings. The molecule has 4 aliphatic rings. The van der Waals surface area contributed by atoms with E-state index < -0.39 is 93.5 Å². The van der Waals surface area contributed by atoms with Crippen LogP contribution in [0.4, 0.5) is 13.2 Å². The molecule has 41 heavy (non-hydrogen) atoms. The summed E-state index contributed by atoms with van der Waals surface area (Å²) in [6.45, 7) is 3.27. The number of piperidine rings is 1. The second kappa shape index (κ2) is 10.2. The molecule has 12 heteroatoms. The Kier molecular flexibility index (Phi) is 7.22. The van der Waals surface area contributed by atoms with Gasteiger partial charge in [0.05, 0.1) is 11.1 Å². The number of amides is 1. The number of aromatic hydroxyl groups is 1. The Labute approximate surface area is 234 Å². The Morgan fingerprint density at radius 2 is 1.80 bits per heavy atom. The normalized spacial score (nSPS) is 27.5. The second-order valence-electron chi connectivity index (χ2n) is 11.7. The number of halogens is 3. The van der Waals surface area contributed by atoms with Gasteiger partial charge in [0, 0.05) is 24.5 Å². The molecule has 6 N–H and O–H groups in total. The maximum absolute atomic E-state index is 14.6. The number of carbonyl (C=O) groups excluding carboxylic acids is 3. The first-order valence-electron chi connectivity index (χ1n) is 13.8. The Morgan fingerprint density at radius 3 is 2.39 bits per heavy atom. The maximum atomic E-state index is 14.6. The smallest absolute Gasteiger partial charge is 0.417 e. The summed E-state index contributed by atoms with van der Waals surface area (Å²) in [6.07, 6.45) is -2.20. The van der Waals surface area contributed by atoms with E-state index in [1.54, 1.807) is 0 Å². The summed E-state index contributed by atoms with van der Waals surface area (Å²) < 4.78 is 43.9. The first-order chi connectivity index (χ1) is 19.2. The van der Waals surface area contributed by atoms with E-state index in [1.807, 2.05) is 4.90 Å². The summed E-state index contributed by atoms with van der Waals surface area (Å²) in [6, 6.07) is 0.962. The van der Waals surface area contributed by atoms with Gasteiger partial charge in [-0.15, -0.1) is 0 Å². The standard InChI is InChI=1S/C29H33F3N2O7/c1-2-3-13-4-6-34(7-5-13)12-15-10-18(35)21-17(23(15)29(30,31)32)9-14-8-16-11-19(36)22(27(33)40)26(39)28(16,41)25(38)20(14)24(21)37/h10,13-14,16,35,37,39,41H,2-9,11-12H2,1H3,(H2,33,40)/t14?,16-,28-/m0/s1. The number of hydrogen-bond donors (Lipinski definition) is 5. The molecule has 1 heterocycles. The van der Waals surface area contributed by atoms with E-state index in [9.17, 15) is 48.0 Å². The highest BCUT2D eigenvalue weighted by Gasteiger charge is 2.60. The number of primary amides is 1. The lowest BCUT2D eigenvalue weighted by molar-refractivity contribution is -0.147. The van der Waals surface area contributed by atoms with Crippen LogP contribution in [0.5, 0.6) is 5.75 Å². The molecule has 9 nitrogen and oxygen atoms in total. The molecule has 3 atom stereocenters. The Hall–Kier alpha value is -3.38. The van der Waals surface area contributed by atoms with Crippen LogP contribution < -0.4 is 5.73 Å². The van der Waals surface area contributed by atoms with E-state index in [2.05, 4.69) is 6.92 Å². The van der Waals surface area contributed by atoms with Gasteiger partial charge in [0.1, 0.15) is 22.8 Å². The minimum absolute atomic E-state index is 0.0547. The highest BCUT2D eigenvalue weighted by Crippen LogP contribution is 2.54.